The maximum Gasteiger partial charge on any atom is 0.409 e. The second-order valence-electron chi connectivity index (χ2n) is 13.3. The molecule has 14 heteroatoms. The Bertz CT molecular complexity index is 1790. The normalized spacial score (nSPS) is 16.5. The number of hydrogen-bond donors (Lipinski definition) is 2. The lowest BCUT2D eigenvalue weighted by molar-refractivity contribution is -0.138. The standard InChI is InChI=1S/C38H46FN5O8/c1-4-5-19-51-38(50)43-17-15-42(16-18-43)37(49)29(12-13-35(46)47)41-36(48)31-22-33(28-20-24(2)25(3)21-30(28)40-31)52-23-34(45)44-14-6-7-32(44)26-8-10-27(39)11-9-26/h8-11,20-22,29,32H,4-7,12-19,23H2,1-3H3,(H,41,48)(H,46,47)/t29-,32-/m0/s1. The number of carboxylic acid groups (broad SMARTS) is 1. The van der Waals surface area contributed by atoms with Gasteiger partial charge < -0.3 is 34.6 Å². The second-order valence-corrected chi connectivity index (χ2v) is 13.3. The molecule has 1 aromatic heterocycles. The number of carboxylic acids is 1. The highest BCUT2D eigenvalue weighted by Gasteiger charge is 2.33. The van der Waals surface area contributed by atoms with Crippen molar-refractivity contribution in [2.45, 2.75) is 71.4 Å². The number of nitrogens with one attached hydrogen (secondary N) is 1. The third-order valence-electron chi connectivity index (χ3n) is 9.62. The van der Waals surface area contributed by atoms with Gasteiger partial charge in [-0.3, -0.25) is 19.2 Å². The number of amides is 4. The number of rotatable bonds is 13. The molecular formula is C38H46FN5O8. The molecule has 2 aromatic carbocycles. The Balaban J connectivity index is 1.32. The molecule has 0 radical (unpaired) electrons. The van der Waals surface area contributed by atoms with Gasteiger partial charge in [0.15, 0.2) is 6.61 Å². The van der Waals surface area contributed by atoms with Gasteiger partial charge in [0.25, 0.3) is 11.8 Å². The highest BCUT2D eigenvalue weighted by atomic mass is 19.1. The molecule has 0 unspecified atom stereocenters. The predicted molar refractivity (Wildman–Crippen MR) is 189 cm³/mol. The lowest BCUT2D eigenvalue weighted by Crippen LogP contribution is -2.56. The molecule has 2 N–H and O–H groups in total. The summed E-state index contributed by atoms with van der Waals surface area (Å²) >= 11 is 0. The SMILES string of the molecule is CCCCOC(=O)N1CCN(C(=O)[C@H](CCC(=O)O)NC(=O)c2cc(OCC(=O)N3CCC[C@H]3c3ccc(F)cc3)c3cc(C)c(C)cc3n2)CC1. The van der Waals surface area contributed by atoms with E-state index < -0.39 is 29.9 Å². The monoisotopic (exact) mass is 719 g/mol. The van der Waals surface area contributed by atoms with Crippen LogP contribution in [0.2, 0.25) is 0 Å². The third-order valence-corrected chi connectivity index (χ3v) is 9.62. The fourth-order valence-electron chi connectivity index (χ4n) is 6.49. The van der Waals surface area contributed by atoms with Crippen LogP contribution in [0.3, 0.4) is 0 Å². The number of fused-ring (bicyclic) bond motifs is 1. The van der Waals surface area contributed by atoms with Crippen LogP contribution < -0.4 is 10.1 Å². The number of unbranched alkanes of at least 4 members (excludes halogenated alkanes) is 1. The van der Waals surface area contributed by atoms with Gasteiger partial charge in [0.2, 0.25) is 5.91 Å². The lowest BCUT2D eigenvalue weighted by Gasteiger charge is -2.36. The van der Waals surface area contributed by atoms with Crippen molar-refractivity contribution in [3.05, 3.63) is 70.7 Å². The molecule has 3 aromatic rings. The number of aromatic nitrogens is 1. The largest absolute Gasteiger partial charge is 0.483 e. The molecule has 2 saturated heterocycles. The molecule has 2 aliphatic heterocycles. The van der Waals surface area contributed by atoms with E-state index in [9.17, 15) is 33.5 Å². The van der Waals surface area contributed by atoms with Crippen LogP contribution in [0.5, 0.6) is 5.75 Å². The van der Waals surface area contributed by atoms with Crippen molar-refractivity contribution in [1.82, 2.24) is 25.0 Å². The maximum absolute atomic E-state index is 13.8. The lowest BCUT2D eigenvalue weighted by atomic mass is 10.0. The first-order valence-electron chi connectivity index (χ1n) is 17.8. The summed E-state index contributed by atoms with van der Waals surface area (Å²) in [4.78, 5) is 74.1. The number of halogens is 1. The molecule has 13 nitrogen and oxygen atoms in total. The van der Waals surface area contributed by atoms with E-state index in [-0.39, 0.29) is 74.8 Å². The summed E-state index contributed by atoms with van der Waals surface area (Å²) < 4.78 is 24.9. The zero-order valence-electron chi connectivity index (χ0n) is 29.9. The first kappa shape index (κ1) is 38.0. The van der Waals surface area contributed by atoms with Gasteiger partial charge in [-0.05, 0) is 80.5 Å². The summed E-state index contributed by atoms with van der Waals surface area (Å²) in [6.07, 6.45) is 2.20. The number of carbonyl (C=O) groups excluding carboxylic acids is 4. The fraction of sp³-hybridized carbons (Fsp3) is 0.474. The number of aryl methyl sites for hydroxylation is 2. The van der Waals surface area contributed by atoms with Gasteiger partial charge in [0.1, 0.15) is 23.3 Å². The minimum absolute atomic E-state index is 0.0728. The molecule has 0 saturated carbocycles. The van der Waals surface area contributed by atoms with E-state index in [0.29, 0.717) is 24.1 Å². The average molecular weight is 720 g/mol. The number of carbonyl (C=O) groups is 5. The fourth-order valence-corrected chi connectivity index (χ4v) is 6.49. The summed E-state index contributed by atoms with van der Waals surface area (Å²) in [5.74, 6) is -2.67. The number of pyridine rings is 1. The van der Waals surface area contributed by atoms with E-state index in [0.717, 1.165) is 42.4 Å². The Labute approximate surface area is 302 Å². The van der Waals surface area contributed by atoms with Crippen molar-refractivity contribution in [1.29, 1.82) is 0 Å². The maximum atomic E-state index is 13.8. The van der Waals surface area contributed by atoms with Gasteiger partial charge >= 0.3 is 12.1 Å². The van der Waals surface area contributed by atoms with Gasteiger partial charge in [-0.15, -0.1) is 0 Å². The van der Waals surface area contributed by atoms with Crippen molar-refractivity contribution in [2.24, 2.45) is 0 Å². The molecule has 0 bridgehead atoms. The van der Waals surface area contributed by atoms with Crippen LogP contribution in [-0.4, -0.2) is 107 Å². The third kappa shape index (κ3) is 9.33. The first-order chi connectivity index (χ1) is 24.9. The summed E-state index contributed by atoms with van der Waals surface area (Å²) in [5.41, 5.74) is 3.08. The van der Waals surface area contributed by atoms with E-state index >= 15 is 0 Å². The quantitative estimate of drug-likeness (QED) is 0.237. The van der Waals surface area contributed by atoms with Crippen molar-refractivity contribution < 1.29 is 42.9 Å². The molecule has 0 spiro atoms. The molecule has 0 aliphatic carbocycles. The van der Waals surface area contributed by atoms with E-state index in [4.69, 9.17) is 9.47 Å². The van der Waals surface area contributed by atoms with Crippen LogP contribution in [0.4, 0.5) is 9.18 Å². The highest BCUT2D eigenvalue weighted by molar-refractivity contribution is 5.99. The average Bonchev–Trinajstić information content (AvgIpc) is 3.63. The van der Waals surface area contributed by atoms with Crippen molar-refractivity contribution in [2.75, 3.05) is 45.9 Å². The number of piperazine rings is 1. The zero-order valence-corrected chi connectivity index (χ0v) is 29.9. The summed E-state index contributed by atoms with van der Waals surface area (Å²) in [5, 5.41) is 12.7. The smallest absolute Gasteiger partial charge is 0.409 e. The molecule has 52 heavy (non-hydrogen) atoms. The van der Waals surface area contributed by atoms with Crippen LogP contribution in [0.25, 0.3) is 10.9 Å². The Morgan fingerprint density at radius 1 is 0.981 bits per heavy atom. The van der Waals surface area contributed by atoms with Crippen molar-refractivity contribution in [3.8, 4) is 5.75 Å². The Morgan fingerprint density at radius 2 is 1.67 bits per heavy atom. The molecular weight excluding hydrogens is 673 g/mol. The predicted octanol–water partition coefficient (Wildman–Crippen LogP) is 4.78. The summed E-state index contributed by atoms with van der Waals surface area (Å²) in [7, 11) is 0. The van der Waals surface area contributed by atoms with Crippen LogP contribution in [0, 0.1) is 19.7 Å². The van der Waals surface area contributed by atoms with Gasteiger partial charge in [-0.2, -0.15) is 0 Å². The Kier molecular flexibility index (Phi) is 12.6. The Morgan fingerprint density at radius 3 is 2.37 bits per heavy atom. The van der Waals surface area contributed by atoms with Crippen LogP contribution >= 0.6 is 0 Å². The number of ether oxygens (including phenoxy) is 2. The molecule has 3 heterocycles. The molecule has 278 valence electrons. The van der Waals surface area contributed by atoms with Crippen LogP contribution in [0.1, 0.15) is 78.7 Å². The minimum atomic E-state index is -1.17. The van der Waals surface area contributed by atoms with Crippen molar-refractivity contribution in [3.63, 3.8) is 0 Å². The molecule has 4 amide bonds. The van der Waals surface area contributed by atoms with E-state index in [2.05, 4.69) is 10.3 Å². The summed E-state index contributed by atoms with van der Waals surface area (Å²) in [6.45, 7) is 7.22. The van der Waals surface area contributed by atoms with Gasteiger partial charge in [0, 0.05) is 50.6 Å². The molecule has 2 aliphatic rings. The zero-order chi connectivity index (χ0) is 37.4. The number of aliphatic carboxylic acids is 1. The number of hydrogen-bond acceptors (Lipinski definition) is 8. The number of benzene rings is 2. The Hall–Kier alpha value is -5.27. The number of nitrogens with zero attached hydrogens (tertiary/aromatic N) is 4. The first-order valence-corrected chi connectivity index (χ1v) is 17.8. The number of likely N-dealkylation sites (tertiary alicyclic amines) is 1. The van der Waals surface area contributed by atoms with E-state index in [1.807, 2.05) is 26.8 Å². The van der Waals surface area contributed by atoms with Gasteiger partial charge in [0.05, 0.1) is 18.2 Å². The highest BCUT2D eigenvalue weighted by Crippen LogP contribution is 2.33. The second kappa shape index (κ2) is 17.3. The van der Waals surface area contributed by atoms with Crippen LogP contribution in [-0.2, 0) is 19.1 Å². The van der Waals surface area contributed by atoms with E-state index in [1.165, 1.54) is 28.0 Å². The van der Waals surface area contributed by atoms with E-state index in [1.54, 1.807) is 23.1 Å². The van der Waals surface area contributed by atoms with Gasteiger partial charge in [-0.25, -0.2) is 14.2 Å². The topological polar surface area (TPSA) is 159 Å². The summed E-state index contributed by atoms with van der Waals surface area (Å²) in [6, 6.07) is 9.82. The molecule has 2 fully saturated rings. The minimum Gasteiger partial charge on any atom is -0.483 e. The van der Waals surface area contributed by atoms with Crippen LogP contribution in [0.15, 0.2) is 42.5 Å². The van der Waals surface area contributed by atoms with Gasteiger partial charge in [-0.1, -0.05) is 25.5 Å². The van der Waals surface area contributed by atoms with Crippen molar-refractivity contribution >= 4 is 40.7 Å². The molecule has 5 rings (SSSR count). The molecule has 2 atom stereocenters.